The Morgan fingerprint density at radius 2 is 1.76 bits per heavy atom. The predicted molar refractivity (Wildman–Crippen MR) is 92.4 cm³/mol. The van der Waals surface area contributed by atoms with Crippen molar-refractivity contribution in [3.63, 3.8) is 0 Å². The van der Waals surface area contributed by atoms with Crippen LogP contribution in [0.25, 0.3) is 0 Å². The largest absolute Gasteiger partial charge is 0.307 e. The average Bonchev–Trinajstić information content (AvgIpc) is 2.42. The summed E-state index contributed by atoms with van der Waals surface area (Å²) >= 11 is 0. The molecule has 118 valence electrons. The molecule has 0 bridgehead atoms. The Morgan fingerprint density at radius 3 is 2.38 bits per heavy atom. The number of hydrogen-bond acceptors (Lipinski definition) is 1. The standard InChI is InChI=1S/C20H33N/c1-15-10-9-13-18(16(15)2)21-19(14-20(3,4)5)17-11-7-6-8-12-17/h6-8,11-12,15-16,18-19,21H,9-10,13-14H2,1-5H3. The van der Waals surface area contributed by atoms with Gasteiger partial charge in [0.1, 0.15) is 0 Å². The molecule has 4 atom stereocenters. The summed E-state index contributed by atoms with van der Waals surface area (Å²) in [7, 11) is 0. The summed E-state index contributed by atoms with van der Waals surface area (Å²) in [4.78, 5) is 0. The van der Waals surface area contributed by atoms with E-state index in [9.17, 15) is 0 Å². The lowest BCUT2D eigenvalue weighted by atomic mass is 9.77. The van der Waals surface area contributed by atoms with E-state index in [1.807, 2.05) is 0 Å². The normalized spacial score (nSPS) is 28.3. The van der Waals surface area contributed by atoms with Gasteiger partial charge in [0.25, 0.3) is 0 Å². The molecule has 0 aromatic heterocycles. The molecule has 0 spiro atoms. The quantitative estimate of drug-likeness (QED) is 0.762. The molecule has 1 aromatic rings. The number of benzene rings is 1. The first-order chi connectivity index (χ1) is 9.87. The van der Waals surface area contributed by atoms with E-state index in [1.54, 1.807) is 0 Å². The maximum atomic E-state index is 4.01. The Hall–Kier alpha value is -0.820. The summed E-state index contributed by atoms with van der Waals surface area (Å²) in [5.41, 5.74) is 1.79. The zero-order chi connectivity index (χ0) is 15.5. The minimum atomic E-state index is 0.344. The Balaban J connectivity index is 2.12. The zero-order valence-electron chi connectivity index (χ0n) is 14.5. The Morgan fingerprint density at radius 1 is 1.10 bits per heavy atom. The SMILES string of the molecule is CC1CCCC(NC(CC(C)(C)C)c2ccccc2)C1C. The molecule has 0 radical (unpaired) electrons. The van der Waals surface area contributed by atoms with Crippen molar-refractivity contribution in [3.8, 4) is 0 Å². The van der Waals surface area contributed by atoms with Crippen molar-refractivity contribution in [1.82, 2.24) is 5.32 Å². The van der Waals surface area contributed by atoms with Crippen LogP contribution in [0.5, 0.6) is 0 Å². The van der Waals surface area contributed by atoms with Crippen molar-refractivity contribution in [1.29, 1.82) is 0 Å². The Bertz CT molecular complexity index is 417. The molecule has 0 saturated heterocycles. The van der Waals surface area contributed by atoms with Gasteiger partial charge in [-0.25, -0.2) is 0 Å². The fraction of sp³-hybridized carbons (Fsp3) is 0.700. The van der Waals surface area contributed by atoms with E-state index in [4.69, 9.17) is 0 Å². The minimum Gasteiger partial charge on any atom is -0.307 e. The highest BCUT2D eigenvalue weighted by Crippen LogP contribution is 2.34. The van der Waals surface area contributed by atoms with Crippen LogP contribution < -0.4 is 5.32 Å². The van der Waals surface area contributed by atoms with Crippen molar-refractivity contribution in [3.05, 3.63) is 35.9 Å². The highest BCUT2D eigenvalue weighted by Gasteiger charge is 2.30. The molecule has 1 aliphatic carbocycles. The molecule has 1 saturated carbocycles. The third kappa shape index (κ3) is 4.85. The van der Waals surface area contributed by atoms with Crippen molar-refractivity contribution < 1.29 is 0 Å². The molecule has 4 unspecified atom stereocenters. The lowest BCUT2D eigenvalue weighted by molar-refractivity contribution is 0.178. The maximum absolute atomic E-state index is 4.01. The Labute approximate surface area is 131 Å². The van der Waals surface area contributed by atoms with Crippen LogP contribution in [0.3, 0.4) is 0 Å². The highest BCUT2D eigenvalue weighted by molar-refractivity contribution is 5.19. The van der Waals surface area contributed by atoms with Gasteiger partial charge in [0.05, 0.1) is 0 Å². The molecule has 1 nitrogen and oxygen atoms in total. The van der Waals surface area contributed by atoms with E-state index in [-0.39, 0.29) is 0 Å². The molecule has 2 rings (SSSR count). The zero-order valence-corrected chi connectivity index (χ0v) is 14.5. The van der Waals surface area contributed by atoms with Gasteiger partial charge in [0, 0.05) is 12.1 Å². The van der Waals surface area contributed by atoms with Crippen LogP contribution >= 0.6 is 0 Å². The molecule has 1 N–H and O–H groups in total. The van der Waals surface area contributed by atoms with E-state index < -0.39 is 0 Å². The molecule has 1 aliphatic rings. The number of rotatable bonds is 4. The van der Waals surface area contributed by atoms with Crippen LogP contribution in [0, 0.1) is 17.3 Å². The van der Waals surface area contributed by atoms with Gasteiger partial charge in [-0.15, -0.1) is 0 Å². The van der Waals surface area contributed by atoms with E-state index >= 15 is 0 Å². The number of nitrogens with one attached hydrogen (secondary N) is 1. The van der Waals surface area contributed by atoms with Crippen molar-refractivity contribution in [2.24, 2.45) is 17.3 Å². The van der Waals surface area contributed by atoms with Gasteiger partial charge in [-0.3, -0.25) is 0 Å². The van der Waals surface area contributed by atoms with Gasteiger partial charge in [0.15, 0.2) is 0 Å². The lowest BCUT2D eigenvalue weighted by Gasteiger charge is -2.39. The molecule has 1 aromatic carbocycles. The summed E-state index contributed by atoms with van der Waals surface area (Å²) in [6.07, 6.45) is 5.29. The van der Waals surface area contributed by atoms with E-state index in [0.717, 1.165) is 11.8 Å². The second-order valence-electron chi connectivity index (χ2n) is 8.27. The minimum absolute atomic E-state index is 0.344. The fourth-order valence-electron chi connectivity index (χ4n) is 3.65. The molecular weight excluding hydrogens is 254 g/mol. The van der Waals surface area contributed by atoms with Gasteiger partial charge >= 0.3 is 0 Å². The van der Waals surface area contributed by atoms with E-state index in [0.29, 0.717) is 17.5 Å². The molecule has 1 heteroatoms. The second-order valence-corrected chi connectivity index (χ2v) is 8.27. The first kappa shape index (κ1) is 16.5. The molecule has 0 heterocycles. The van der Waals surface area contributed by atoms with Crippen LogP contribution in [0.2, 0.25) is 0 Å². The lowest BCUT2D eigenvalue weighted by Crippen LogP contribution is -2.43. The van der Waals surface area contributed by atoms with Gasteiger partial charge in [-0.05, 0) is 35.7 Å². The average molecular weight is 287 g/mol. The van der Waals surface area contributed by atoms with Gasteiger partial charge in [0.2, 0.25) is 0 Å². The summed E-state index contributed by atoms with van der Waals surface area (Å²) in [6, 6.07) is 12.1. The highest BCUT2D eigenvalue weighted by atomic mass is 15.0. The maximum Gasteiger partial charge on any atom is 0.0327 e. The predicted octanol–water partition coefficient (Wildman–Crippen LogP) is 5.58. The molecule has 1 fully saturated rings. The summed E-state index contributed by atoms with van der Waals surface area (Å²) in [6.45, 7) is 11.9. The summed E-state index contributed by atoms with van der Waals surface area (Å²) in [5.74, 6) is 1.63. The van der Waals surface area contributed by atoms with Crippen molar-refractivity contribution in [2.45, 2.75) is 72.4 Å². The van der Waals surface area contributed by atoms with E-state index in [2.05, 4.69) is 70.3 Å². The topological polar surface area (TPSA) is 12.0 Å². The summed E-state index contributed by atoms with van der Waals surface area (Å²) < 4.78 is 0. The van der Waals surface area contributed by atoms with E-state index in [1.165, 1.54) is 31.2 Å². The fourth-order valence-corrected chi connectivity index (χ4v) is 3.65. The van der Waals surface area contributed by atoms with Crippen molar-refractivity contribution >= 4 is 0 Å². The Kier molecular flexibility index (Phi) is 5.48. The van der Waals surface area contributed by atoms with Gasteiger partial charge in [-0.1, -0.05) is 77.8 Å². The number of hydrogen-bond donors (Lipinski definition) is 1. The van der Waals surface area contributed by atoms with Gasteiger partial charge < -0.3 is 5.32 Å². The van der Waals surface area contributed by atoms with Crippen LogP contribution in [-0.4, -0.2) is 6.04 Å². The van der Waals surface area contributed by atoms with Crippen LogP contribution in [-0.2, 0) is 0 Å². The second kappa shape index (κ2) is 6.96. The molecule has 0 amide bonds. The first-order valence-electron chi connectivity index (χ1n) is 8.68. The first-order valence-corrected chi connectivity index (χ1v) is 8.68. The third-order valence-corrected chi connectivity index (χ3v) is 5.14. The van der Waals surface area contributed by atoms with Crippen LogP contribution in [0.15, 0.2) is 30.3 Å². The van der Waals surface area contributed by atoms with Crippen LogP contribution in [0.4, 0.5) is 0 Å². The van der Waals surface area contributed by atoms with Gasteiger partial charge in [-0.2, -0.15) is 0 Å². The van der Waals surface area contributed by atoms with Crippen LogP contribution in [0.1, 0.15) is 71.9 Å². The molecular formula is C20H33N. The molecule has 0 aliphatic heterocycles. The van der Waals surface area contributed by atoms with Crippen molar-refractivity contribution in [2.75, 3.05) is 0 Å². The molecule has 21 heavy (non-hydrogen) atoms. The summed E-state index contributed by atoms with van der Waals surface area (Å²) in [5, 5.41) is 4.01. The smallest absolute Gasteiger partial charge is 0.0327 e. The monoisotopic (exact) mass is 287 g/mol. The third-order valence-electron chi connectivity index (χ3n) is 5.14.